The normalized spacial score (nSPS) is 10.3. The molecular formula is C16H14Cl2O2. The standard InChI is InChI=1S/C16H14Cl2O2/c1-2-11-3-5-12(6-4-11)15(19)10-20-16-9-13(17)7-8-14(16)18/h3-9H,2,10H2,1H3. The van der Waals surface area contributed by atoms with Gasteiger partial charge < -0.3 is 4.74 Å². The summed E-state index contributed by atoms with van der Waals surface area (Å²) >= 11 is 11.8. The second-order valence-electron chi connectivity index (χ2n) is 4.34. The van der Waals surface area contributed by atoms with E-state index in [1.54, 1.807) is 18.2 Å². The fraction of sp³-hybridized carbons (Fsp3) is 0.188. The van der Waals surface area contributed by atoms with E-state index in [0.717, 1.165) is 6.42 Å². The number of benzene rings is 2. The predicted molar refractivity (Wildman–Crippen MR) is 82.1 cm³/mol. The smallest absolute Gasteiger partial charge is 0.200 e. The third-order valence-corrected chi connectivity index (χ3v) is 3.48. The van der Waals surface area contributed by atoms with Gasteiger partial charge in [0.25, 0.3) is 0 Å². The van der Waals surface area contributed by atoms with Crippen LogP contribution in [-0.2, 0) is 6.42 Å². The molecule has 20 heavy (non-hydrogen) atoms. The van der Waals surface area contributed by atoms with E-state index >= 15 is 0 Å². The molecule has 0 bridgehead atoms. The van der Waals surface area contributed by atoms with Crippen molar-refractivity contribution in [3.05, 3.63) is 63.6 Å². The van der Waals surface area contributed by atoms with Crippen molar-refractivity contribution in [3.8, 4) is 5.75 Å². The first kappa shape index (κ1) is 14.9. The summed E-state index contributed by atoms with van der Waals surface area (Å²) in [5.41, 5.74) is 1.82. The van der Waals surface area contributed by atoms with Crippen LogP contribution in [0.1, 0.15) is 22.8 Å². The van der Waals surface area contributed by atoms with E-state index in [9.17, 15) is 4.79 Å². The molecule has 0 fully saturated rings. The lowest BCUT2D eigenvalue weighted by Gasteiger charge is -2.08. The summed E-state index contributed by atoms with van der Waals surface area (Å²) in [6, 6.07) is 12.4. The molecule has 0 unspecified atom stereocenters. The molecule has 0 atom stereocenters. The molecule has 2 aromatic carbocycles. The van der Waals surface area contributed by atoms with Crippen molar-refractivity contribution in [2.75, 3.05) is 6.61 Å². The molecule has 0 heterocycles. The van der Waals surface area contributed by atoms with E-state index in [-0.39, 0.29) is 12.4 Å². The number of carbonyl (C=O) groups is 1. The molecule has 2 nitrogen and oxygen atoms in total. The molecule has 2 rings (SSSR count). The fourth-order valence-corrected chi connectivity index (χ4v) is 2.07. The number of ketones is 1. The van der Waals surface area contributed by atoms with Crippen LogP contribution in [0, 0.1) is 0 Å². The van der Waals surface area contributed by atoms with Crippen LogP contribution in [0.3, 0.4) is 0 Å². The van der Waals surface area contributed by atoms with Crippen molar-refractivity contribution in [1.82, 2.24) is 0 Å². The minimum absolute atomic E-state index is 0.0640. The number of rotatable bonds is 5. The van der Waals surface area contributed by atoms with E-state index in [1.165, 1.54) is 5.56 Å². The van der Waals surface area contributed by atoms with Gasteiger partial charge in [0.1, 0.15) is 5.75 Å². The van der Waals surface area contributed by atoms with E-state index in [0.29, 0.717) is 21.4 Å². The van der Waals surface area contributed by atoms with Crippen LogP contribution in [0.25, 0.3) is 0 Å². The van der Waals surface area contributed by atoms with Gasteiger partial charge in [0, 0.05) is 16.7 Å². The molecule has 0 saturated heterocycles. The third kappa shape index (κ3) is 3.75. The van der Waals surface area contributed by atoms with Gasteiger partial charge in [-0.25, -0.2) is 0 Å². The first-order valence-electron chi connectivity index (χ1n) is 6.30. The number of carbonyl (C=O) groups excluding carboxylic acids is 1. The van der Waals surface area contributed by atoms with Gasteiger partial charge in [0.2, 0.25) is 0 Å². The van der Waals surface area contributed by atoms with Crippen molar-refractivity contribution in [1.29, 1.82) is 0 Å². The van der Waals surface area contributed by atoms with Crippen LogP contribution in [0.15, 0.2) is 42.5 Å². The summed E-state index contributed by atoms with van der Waals surface area (Å²) in [5.74, 6) is 0.321. The fourth-order valence-electron chi connectivity index (χ4n) is 1.74. The monoisotopic (exact) mass is 308 g/mol. The van der Waals surface area contributed by atoms with Crippen LogP contribution in [0.4, 0.5) is 0 Å². The molecule has 2 aromatic rings. The third-order valence-electron chi connectivity index (χ3n) is 2.94. The minimum Gasteiger partial charge on any atom is -0.484 e. The van der Waals surface area contributed by atoms with Gasteiger partial charge in [-0.05, 0) is 24.1 Å². The molecule has 0 radical (unpaired) electrons. The first-order valence-corrected chi connectivity index (χ1v) is 7.05. The Morgan fingerprint density at radius 3 is 2.45 bits per heavy atom. The molecule has 0 saturated carbocycles. The van der Waals surface area contributed by atoms with Crippen molar-refractivity contribution >= 4 is 29.0 Å². The molecule has 0 aliphatic carbocycles. The van der Waals surface area contributed by atoms with Gasteiger partial charge in [0.15, 0.2) is 12.4 Å². The van der Waals surface area contributed by atoms with Gasteiger partial charge in [0.05, 0.1) is 5.02 Å². The second kappa shape index (κ2) is 6.78. The molecule has 4 heteroatoms. The molecule has 0 aliphatic rings. The Bertz CT molecular complexity index is 606. The number of Topliss-reactive ketones (excluding diaryl/α,β-unsaturated/α-hetero) is 1. The lowest BCUT2D eigenvalue weighted by Crippen LogP contribution is -2.11. The van der Waals surface area contributed by atoms with Gasteiger partial charge in [-0.2, -0.15) is 0 Å². The predicted octanol–water partition coefficient (Wildman–Crippen LogP) is 4.82. The van der Waals surface area contributed by atoms with Gasteiger partial charge in [-0.1, -0.05) is 54.4 Å². The van der Waals surface area contributed by atoms with Crippen molar-refractivity contribution in [3.63, 3.8) is 0 Å². The average molecular weight is 309 g/mol. The maximum atomic E-state index is 12.0. The molecular weight excluding hydrogens is 295 g/mol. The Balaban J connectivity index is 2.02. The first-order chi connectivity index (χ1) is 9.60. The zero-order valence-corrected chi connectivity index (χ0v) is 12.5. The Morgan fingerprint density at radius 2 is 1.80 bits per heavy atom. The van der Waals surface area contributed by atoms with Crippen LogP contribution in [-0.4, -0.2) is 12.4 Å². The summed E-state index contributed by atoms with van der Waals surface area (Å²) in [6.45, 7) is 2.01. The molecule has 0 N–H and O–H groups in total. The molecule has 0 spiro atoms. The highest BCUT2D eigenvalue weighted by Gasteiger charge is 2.09. The van der Waals surface area contributed by atoms with Crippen molar-refractivity contribution < 1.29 is 9.53 Å². The maximum absolute atomic E-state index is 12.0. The number of halogens is 2. The quantitative estimate of drug-likeness (QED) is 0.740. The van der Waals surface area contributed by atoms with Crippen LogP contribution in [0.2, 0.25) is 10.0 Å². The summed E-state index contributed by atoms with van der Waals surface area (Å²) < 4.78 is 5.42. The topological polar surface area (TPSA) is 26.3 Å². The summed E-state index contributed by atoms with van der Waals surface area (Å²) in [7, 11) is 0. The highest BCUT2D eigenvalue weighted by atomic mass is 35.5. The summed E-state index contributed by atoms with van der Waals surface area (Å²) in [5, 5.41) is 0.952. The number of hydrogen-bond donors (Lipinski definition) is 0. The van der Waals surface area contributed by atoms with Gasteiger partial charge in [-0.3, -0.25) is 4.79 Å². The Labute approximate surface area is 128 Å². The zero-order chi connectivity index (χ0) is 14.5. The number of ether oxygens (including phenoxy) is 1. The van der Waals surface area contributed by atoms with Gasteiger partial charge >= 0.3 is 0 Å². The molecule has 0 aliphatic heterocycles. The lowest BCUT2D eigenvalue weighted by molar-refractivity contribution is 0.0921. The second-order valence-corrected chi connectivity index (χ2v) is 5.18. The minimum atomic E-state index is -0.0938. The zero-order valence-electron chi connectivity index (χ0n) is 11.0. The van der Waals surface area contributed by atoms with E-state index in [4.69, 9.17) is 27.9 Å². The van der Waals surface area contributed by atoms with Crippen LogP contribution >= 0.6 is 23.2 Å². The van der Waals surface area contributed by atoms with Crippen molar-refractivity contribution in [2.24, 2.45) is 0 Å². The molecule has 104 valence electrons. The van der Waals surface area contributed by atoms with Gasteiger partial charge in [-0.15, -0.1) is 0 Å². The van der Waals surface area contributed by atoms with Crippen LogP contribution < -0.4 is 4.74 Å². The Hall–Kier alpha value is -1.51. The largest absolute Gasteiger partial charge is 0.484 e. The van der Waals surface area contributed by atoms with E-state index in [1.807, 2.05) is 24.3 Å². The van der Waals surface area contributed by atoms with Crippen LogP contribution in [0.5, 0.6) is 5.75 Å². The maximum Gasteiger partial charge on any atom is 0.200 e. The summed E-state index contributed by atoms with van der Waals surface area (Å²) in [6.07, 6.45) is 0.948. The number of aryl methyl sites for hydroxylation is 1. The Morgan fingerprint density at radius 1 is 1.10 bits per heavy atom. The highest BCUT2D eigenvalue weighted by Crippen LogP contribution is 2.27. The SMILES string of the molecule is CCc1ccc(C(=O)COc2cc(Cl)ccc2Cl)cc1. The molecule has 0 amide bonds. The number of hydrogen-bond acceptors (Lipinski definition) is 2. The lowest BCUT2D eigenvalue weighted by atomic mass is 10.1. The van der Waals surface area contributed by atoms with E-state index < -0.39 is 0 Å². The molecule has 0 aromatic heterocycles. The van der Waals surface area contributed by atoms with E-state index in [2.05, 4.69) is 6.92 Å². The Kier molecular flexibility index (Phi) is 5.05. The average Bonchev–Trinajstić information content (AvgIpc) is 2.48. The van der Waals surface area contributed by atoms with Crippen molar-refractivity contribution in [2.45, 2.75) is 13.3 Å². The highest BCUT2D eigenvalue weighted by molar-refractivity contribution is 6.34. The summed E-state index contributed by atoms with van der Waals surface area (Å²) in [4.78, 5) is 12.0.